The van der Waals surface area contributed by atoms with Crippen molar-refractivity contribution in [3.05, 3.63) is 22.4 Å². The Morgan fingerprint density at radius 1 is 1.20 bits per heavy atom. The van der Waals surface area contributed by atoms with Crippen LogP contribution >= 0.6 is 11.3 Å². The smallest absolute Gasteiger partial charge is 0.264 e. The molecule has 0 radical (unpaired) electrons. The zero-order valence-electron chi connectivity index (χ0n) is 15.1. The third kappa shape index (κ3) is 4.82. The molecule has 0 aromatic carbocycles. The Morgan fingerprint density at radius 2 is 1.92 bits per heavy atom. The van der Waals surface area contributed by atoms with E-state index in [4.69, 9.17) is 0 Å². The minimum Gasteiger partial charge on any atom is -0.354 e. The van der Waals surface area contributed by atoms with Crippen molar-refractivity contribution in [2.24, 2.45) is 5.92 Å². The van der Waals surface area contributed by atoms with E-state index in [-0.39, 0.29) is 17.9 Å². The molecule has 25 heavy (non-hydrogen) atoms. The van der Waals surface area contributed by atoms with Gasteiger partial charge in [-0.25, -0.2) is 0 Å². The summed E-state index contributed by atoms with van der Waals surface area (Å²) < 4.78 is 0. The van der Waals surface area contributed by atoms with E-state index in [1.54, 1.807) is 0 Å². The van der Waals surface area contributed by atoms with Crippen molar-refractivity contribution in [2.45, 2.75) is 45.1 Å². The quantitative estimate of drug-likeness (QED) is 0.875. The van der Waals surface area contributed by atoms with E-state index < -0.39 is 0 Å². The molecule has 1 saturated heterocycles. The Kier molecular flexibility index (Phi) is 6.48. The SMILES string of the molecule is C[C@@H](C(=O)NCC1CCCCC1)N1CCN(C(=O)c2cccs2)CC1. The van der Waals surface area contributed by atoms with Crippen molar-refractivity contribution in [1.82, 2.24) is 15.1 Å². The molecule has 1 aliphatic heterocycles. The molecule has 1 aromatic heterocycles. The summed E-state index contributed by atoms with van der Waals surface area (Å²) in [7, 11) is 0. The van der Waals surface area contributed by atoms with Crippen LogP contribution in [-0.2, 0) is 4.79 Å². The van der Waals surface area contributed by atoms with E-state index in [0.717, 1.165) is 24.5 Å². The maximum Gasteiger partial charge on any atom is 0.264 e. The molecule has 2 amide bonds. The molecule has 0 spiro atoms. The van der Waals surface area contributed by atoms with Gasteiger partial charge in [0.25, 0.3) is 5.91 Å². The van der Waals surface area contributed by atoms with Gasteiger partial charge in [-0.2, -0.15) is 0 Å². The van der Waals surface area contributed by atoms with Crippen molar-refractivity contribution < 1.29 is 9.59 Å². The first-order valence-electron chi connectivity index (χ1n) is 9.49. The summed E-state index contributed by atoms with van der Waals surface area (Å²) in [6.07, 6.45) is 6.44. The van der Waals surface area contributed by atoms with Gasteiger partial charge in [-0.3, -0.25) is 14.5 Å². The summed E-state index contributed by atoms with van der Waals surface area (Å²) >= 11 is 1.49. The fourth-order valence-electron chi connectivity index (χ4n) is 3.82. The fourth-order valence-corrected chi connectivity index (χ4v) is 4.51. The molecular formula is C19H29N3O2S. The topological polar surface area (TPSA) is 52.7 Å². The van der Waals surface area contributed by atoms with Crippen LogP contribution in [0.5, 0.6) is 0 Å². The van der Waals surface area contributed by atoms with Crippen LogP contribution in [0.4, 0.5) is 0 Å². The number of piperazine rings is 1. The van der Waals surface area contributed by atoms with Crippen molar-refractivity contribution >= 4 is 23.2 Å². The molecule has 2 aliphatic rings. The maximum absolute atomic E-state index is 12.5. The van der Waals surface area contributed by atoms with Gasteiger partial charge in [0.15, 0.2) is 0 Å². The maximum atomic E-state index is 12.5. The Hall–Kier alpha value is -1.40. The molecule has 5 nitrogen and oxygen atoms in total. The number of carbonyl (C=O) groups is 2. The van der Waals surface area contributed by atoms with Gasteiger partial charge in [0.2, 0.25) is 5.91 Å². The Balaban J connectivity index is 1.42. The van der Waals surface area contributed by atoms with E-state index in [9.17, 15) is 9.59 Å². The second kappa shape index (κ2) is 8.81. The number of nitrogens with zero attached hydrogens (tertiary/aromatic N) is 2. The lowest BCUT2D eigenvalue weighted by Crippen LogP contribution is -2.55. The highest BCUT2D eigenvalue weighted by molar-refractivity contribution is 7.12. The zero-order valence-corrected chi connectivity index (χ0v) is 15.9. The summed E-state index contributed by atoms with van der Waals surface area (Å²) in [6.45, 7) is 5.70. The van der Waals surface area contributed by atoms with E-state index in [1.165, 1.54) is 43.4 Å². The van der Waals surface area contributed by atoms with Crippen LogP contribution in [0, 0.1) is 5.92 Å². The van der Waals surface area contributed by atoms with E-state index in [2.05, 4.69) is 10.2 Å². The molecule has 1 aromatic rings. The van der Waals surface area contributed by atoms with Crippen molar-refractivity contribution in [2.75, 3.05) is 32.7 Å². The normalized spacial score (nSPS) is 21.1. The summed E-state index contributed by atoms with van der Waals surface area (Å²) in [5.74, 6) is 0.901. The Morgan fingerprint density at radius 3 is 2.56 bits per heavy atom. The minimum absolute atomic E-state index is 0.115. The first-order valence-corrected chi connectivity index (χ1v) is 10.4. The van der Waals surface area contributed by atoms with Crippen LogP contribution in [0.15, 0.2) is 17.5 Å². The highest BCUT2D eigenvalue weighted by atomic mass is 32.1. The van der Waals surface area contributed by atoms with E-state index in [0.29, 0.717) is 19.0 Å². The molecular weight excluding hydrogens is 334 g/mol. The average Bonchev–Trinajstić information content (AvgIpc) is 3.20. The van der Waals surface area contributed by atoms with Gasteiger partial charge in [0.1, 0.15) is 0 Å². The molecule has 1 saturated carbocycles. The lowest BCUT2D eigenvalue weighted by molar-refractivity contribution is -0.126. The summed E-state index contributed by atoms with van der Waals surface area (Å²) in [5, 5.41) is 5.08. The second-order valence-corrected chi connectivity index (χ2v) is 8.18. The van der Waals surface area contributed by atoms with Crippen LogP contribution < -0.4 is 5.32 Å². The van der Waals surface area contributed by atoms with Gasteiger partial charge in [0.05, 0.1) is 10.9 Å². The van der Waals surface area contributed by atoms with Crippen molar-refractivity contribution in [3.63, 3.8) is 0 Å². The summed E-state index contributed by atoms with van der Waals surface area (Å²) in [4.78, 5) is 29.7. The zero-order chi connectivity index (χ0) is 17.6. The predicted octanol–water partition coefficient (Wildman–Crippen LogP) is 2.59. The molecule has 2 heterocycles. The minimum atomic E-state index is -0.123. The molecule has 1 aliphatic carbocycles. The highest BCUT2D eigenvalue weighted by Crippen LogP contribution is 2.22. The summed E-state index contributed by atoms with van der Waals surface area (Å²) in [6, 6.07) is 3.66. The largest absolute Gasteiger partial charge is 0.354 e. The van der Waals surface area contributed by atoms with E-state index >= 15 is 0 Å². The van der Waals surface area contributed by atoms with E-state index in [1.807, 2.05) is 29.3 Å². The van der Waals surface area contributed by atoms with Gasteiger partial charge in [-0.05, 0) is 37.1 Å². The first kappa shape index (κ1) is 18.4. The predicted molar refractivity (Wildman–Crippen MR) is 101 cm³/mol. The standard InChI is InChI=1S/C19H29N3O2S/c1-15(18(23)20-14-16-6-3-2-4-7-16)21-9-11-22(12-10-21)19(24)17-8-5-13-25-17/h5,8,13,15-16H,2-4,6-7,9-12,14H2,1H3,(H,20,23)/t15-/m0/s1. The van der Waals surface area contributed by atoms with Crippen molar-refractivity contribution in [3.8, 4) is 0 Å². The average molecular weight is 364 g/mol. The third-order valence-corrected chi connectivity index (χ3v) is 6.41. The number of amides is 2. The highest BCUT2D eigenvalue weighted by Gasteiger charge is 2.28. The van der Waals surface area contributed by atoms with Gasteiger partial charge in [-0.1, -0.05) is 25.3 Å². The molecule has 6 heteroatoms. The Labute approximate surface area is 154 Å². The number of nitrogens with one attached hydrogen (secondary N) is 1. The van der Waals surface area contributed by atoms with Gasteiger partial charge >= 0.3 is 0 Å². The monoisotopic (exact) mass is 363 g/mol. The van der Waals surface area contributed by atoms with Crippen molar-refractivity contribution in [1.29, 1.82) is 0 Å². The molecule has 0 unspecified atom stereocenters. The summed E-state index contributed by atoms with van der Waals surface area (Å²) in [5.41, 5.74) is 0. The molecule has 2 fully saturated rings. The molecule has 1 atom stereocenters. The number of rotatable bonds is 5. The third-order valence-electron chi connectivity index (χ3n) is 5.55. The number of carbonyl (C=O) groups excluding carboxylic acids is 2. The van der Waals surface area contributed by atoms with Gasteiger partial charge in [-0.15, -0.1) is 11.3 Å². The number of hydrogen-bond donors (Lipinski definition) is 1. The van der Waals surface area contributed by atoms with Crippen LogP contribution in [0.3, 0.4) is 0 Å². The molecule has 3 rings (SSSR count). The number of thiophene rings is 1. The Bertz CT molecular complexity index is 561. The van der Waals surface area contributed by atoms with Crippen LogP contribution in [0.2, 0.25) is 0 Å². The van der Waals surface area contributed by atoms with Crippen LogP contribution in [-0.4, -0.2) is 60.4 Å². The molecule has 0 bridgehead atoms. The lowest BCUT2D eigenvalue weighted by Gasteiger charge is -2.37. The molecule has 138 valence electrons. The van der Waals surface area contributed by atoms with Gasteiger partial charge < -0.3 is 10.2 Å². The molecule has 1 N–H and O–H groups in total. The van der Waals surface area contributed by atoms with Crippen LogP contribution in [0.1, 0.15) is 48.7 Å². The second-order valence-electron chi connectivity index (χ2n) is 7.23. The number of hydrogen-bond acceptors (Lipinski definition) is 4. The first-order chi connectivity index (χ1) is 12.1. The fraction of sp³-hybridized carbons (Fsp3) is 0.684. The van der Waals surface area contributed by atoms with Gasteiger partial charge in [0, 0.05) is 32.7 Å². The van der Waals surface area contributed by atoms with Crippen LogP contribution in [0.25, 0.3) is 0 Å². The lowest BCUT2D eigenvalue weighted by atomic mass is 9.89.